The van der Waals surface area contributed by atoms with E-state index in [4.69, 9.17) is 20.3 Å². The van der Waals surface area contributed by atoms with E-state index in [9.17, 15) is 4.39 Å². The molecule has 0 spiro atoms. The minimum Gasteiger partial charge on any atom is -0.491 e. The lowest BCUT2D eigenvalue weighted by atomic mass is 10.2. The molecule has 1 fully saturated rings. The molecule has 6 heteroatoms. The highest BCUT2D eigenvalue weighted by Crippen LogP contribution is 2.32. The van der Waals surface area contributed by atoms with E-state index in [0.29, 0.717) is 37.7 Å². The zero-order valence-electron chi connectivity index (χ0n) is 10.9. The summed E-state index contributed by atoms with van der Waals surface area (Å²) in [5.41, 5.74) is 6.94. The molecule has 1 aromatic rings. The number of aliphatic hydroxyl groups excluding tert-OH is 1. The Morgan fingerprint density at radius 2 is 2.37 bits per heavy atom. The summed E-state index contributed by atoms with van der Waals surface area (Å²) < 4.78 is 24.3. The van der Waals surface area contributed by atoms with Gasteiger partial charge in [0.1, 0.15) is 0 Å². The van der Waals surface area contributed by atoms with Crippen LogP contribution in [-0.2, 0) is 4.74 Å². The first kappa shape index (κ1) is 13.9. The van der Waals surface area contributed by atoms with Gasteiger partial charge in [0.25, 0.3) is 0 Å². The first-order chi connectivity index (χ1) is 9.15. The molecule has 1 heterocycles. The standard InChI is InChI=1S/C13H19FN2O3/c1-2-18-13-6-12(11(15)5-10(13)14)16-3-4-19-9(7-16)8-17/h5-6,9,17H,2-4,7-8,15H2,1H3. The van der Waals surface area contributed by atoms with Gasteiger partial charge in [-0.05, 0) is 6.92 Å². The Labute approximate surface area is 111 Å². The summed E-state index contributed by atoms with van der Waals surface area (Å²) in [7, 11) is 0. The highest BCUT2D eigenvalue weighted by molar-refractivity contribution is 5.70. The number of benzene rings is 1. The first-order valence-electron chi connectivity index (χ1n) is 6.35. The van der Waals surface area contributed by atoms with E-state index in [1.165, 1.54) is 6.07 Å². The highest BCUT2D eigenvalue weighted by Gasteiger charge is 2.22. The first-order valence-corrected chi connectivity index (χ1v) is 6.35. The smallest absolute Gasteiger partial charge is 0.167 e. The fourth-order valence-corrected chi connectivity index (χ4v) is 2.15. The molecule has 0 aliphatic carbocycles. The summed E-state index contributed by atoms with van der Waals surface area (Å²) in [5.74, 6) is -0.270. The van der Waals surface area contributed by atoms with Crippen molar-refractivity contribution in [3.05, 3.63) is 17.9 Å². The van der Waals surface area contributed by atoms with Crippen LogP contribution in [0.3, 0.4) is 0 Å². The van der Waals surface area contributed by atoms with E-state index in [2.05, 4.69) is 0 Å². The summed E-state index contributed by atoms with van der Waals surface area (Å²) in [6.07, 6.45) is -0.242. The van der Waals surface area contributed by atoms with E-state index < -0.39 is 5.82 Å². The van der Waals surface area contributed by atoms with Crippen molar-refractivity contribution in [3.8, 4) is 5.75 Å². The average Bonchev–Trinajstić information content (AvgIpc) is 2.42. The number of nitrogens with zero attached hydrogens (tertiary/aromatic N) is 1. The lowest BCUT2D eigenvalue weighted by molar-refractivity contribution is 0.00359. The van der Waals surface area contributed by atoms with Crippen molar-refractivity contribution in [2.45, 2.75) is 13.0 Å². The Morgan fingerprint density at radius 3 is 3.05 bits per heavy atom. The van der Waals surface area contributed by atoms with Gasteiger partial charge >= 0.3 is 0 Å². The van der Waals surface area contributed by atoms with Gasteiger partial charge in [0, 0.05) is 25.2 Å². The second kappa shape index (κ2) is 6.08. The van der Waals surface area contributed by atoms with Gasteiger partial charge in [0.2, 0.25) is 0 Å². The molecule has 0 aromatic heterocycles. The Morgan fingerprint density at radius 1 is 1.58 bits per heavy atom. The van der Waals surface area contributed by atoms with E-state index in [1.54, 1.807) is 13.0 Å². The number of anilines is 2. The fraction of sp³-hybridized carbons (Fsp3) is 0.538. The largest absolute Gasteiger partial charge is 0.491 e. The molecule has 1 atom stereocenters. The minimum atomic E-state index is -0.463. The molecule has 3 N–H and O–H groups in total. The van der Waals surface area contributed by atoms with Crippen LogP contribution in [0.5, 0.6) is 5.75 Å². The van der Waals surface area contributed by atoms with Crippen LogP contribution in [0, 0.1) is 5.82 Å². The molecule has 19 heavy (non-hydrogen) atoms. The SMILES string of the molecule is CCOc1cc(N2CCOC(CO)C2)c(N)cc1F. The van der Waals surface area contributed by atoms with Crippen LogP contribution in [0.2, 0.25) is 0 Å². The molecule has 1 unspecified atom stereocenters. The van der Waals surface area contributed by atoms with Crippen LogP contribution < -0.4 is 15.4 Å². The second-order valence-corrected chi connectivity index (χ2v) is 4.40. The van der Waals surface area contributed by atoms with Gasteiger partial charge in [0.15, 0.2) is 11.6 Å². The van der Waals surface area contributed by atoms with Crippen molar-refractivity contribution in [3.63, 3.8) is 0 Å². The summed E-state index contributed by atoms with van der Waals surface area (Å²) in [4.78, 5) is 1.97. The number of hydrogen-bond donors (Lipinski definition) is 2. The predicted molar refractivity (Wildman–Crippen MR) is 71.0 cm³/mol. The van der Waals surface area contributed by atoms with Crippen LogP contribution in [0.4, 0.5) is 15.8 Å². The molecule has 1 aliphatic heterocycles. The van der Waals surface area contributed by atoms with Crippen LogP contribution in [0.1, 0.15) is 6.92 Å². The number of ether oxygens (including phenoxy) is 2. The number of rotatable bonds is 4. The maximum Gasteiger partial charge on any atom is 0.167 e. The number of morpholine rings is 1. The van der Waals surface area contributed by atoms with Gasteiger partial charge in [-0.1, -0.05) is 0 Å². The third-order valence-corrected chi connectivity index (χ3v) is 3.06. The summed E-state index contributed by atoms with van der Waals surface area (Å²) >= 11 is 0. The molecule has 5 nitrogen and oxygen atoms in total. The molecular formula is C13H19FN2O3. The normalized spacial score (nSPS) is 19.5. The van der Waals surface area contributed by atoms with E-state index in [1.807, 2.05) is 4.90 Å². The van der Waals surface area contributed by atoms with Gasteiger partial charge in [-0.2, -0.15) is 0 Å². The molecule has 1 saturated heterocycles. The van der Waals surface area contributed by atoms with Crippen LogP contribution in [0.25, 0.3) is 0 Å². The second-order valence-electron chi connectivity index (χ2n) is 4.40. The van der Waals surface area contributed by atoms with Crippen LogP contribution in [0.15, 0.2) is 12.1 Å². The fourth-order valence-electron chi connectivity index (χ4n) is 2.15. The van der Waals surface area contributed by atoms with E-state index in [-0.39, 0.29) is 18.5 Å². The molecule has 1 aliphatic rings. The topological polar surface area (TPSA) is 68.0 Å². The van der Waals surface area contributed by atoms with E-state index in [0.717, 1.165) is 0 Å². The predicted octanol–water partition coefficient (Wildman–Crippen LogP) is 1.00. The number of aliphatic hydroxyl groups is 1. The third kappa shape index (κ3) is 3.08. The Balaban J connectivity index is 2.25. The molecule has 0 bridgehead atoms. The molecular weight excluding hydrogens is 251 g/mol. The van der Waals surface area contributed by atoms with Crippen molar-refractivity contribution in [1.29, 1.82) is 0 Å². The maximum absolute atomic E-state index is 13.6. The quantitative estimate of drug-likeness (QED) is 0.799. The van der Waals surface area contributed by atoms with Crippen molar-refractivity contribution in [1.82, 2.24) is 0 Å². The lowest BCUT2D eigenvalue weighted by Crippen LogP contribution is -2.44. The molecule has 0 radical (unpaired) electrons. The van der Waals surface area contributed by atoms with E-state index >= 15 is 0 Å². The number of hydrogen-bond acceptors (Lipinski definition) is 5. The van der Waals surface area contributed by atoms with Gasteiger partial charge in [-0.3, -0.25) is 0 Å². The van der Waals surface area contributed by atoms with Crippen molar-refractivity contribution in [2.75, 3.05) is 43.5 Å². The number of nitrogen functional groups attached to an aromatic ring is 1. The summed E-state index contributed by atoms with van der Waals surface area (Å²) in [5, 5.41) is 9.14. The van der Waals surface area contributed by atoms with Gasteiger partial charge in [0.05, 0.1) is 37.3 Å². The number of nitrogens with two attached hydrogens (primary N) is 1. The van der Waals surface area contributed by atoms with Gasteiger partial charge < -0.3 is 25.2 Å². The molecule has 1 aromatic carbocycles. The molecule has 106 valence electrons. The average molecular weight is 270 g/mol. The third-order valence-electron chi connectivity index (χ3n) is 3.06. The van der Waals surface area contributed by atoms with Crippen molar-refractivity contribution in [2.24, 2.45) is 0 Å². The Kier molecular flexibility index (Phi) is 4.44. The minimum absolute atomic E-state index is 0.0457. The maximum atomic E-state index is 13.6. The Hall–Kier alpha value is -1.53. The van der Waals surface area contributed by atoms with Crippen LogP contribution >= 0.6 is 0 Å². The Bertz CT molecular complexity index is 442. The highest BCUT2D eigenvalue weighted by atomic mass is 19.1. The van der Waals surface area contributed by atoms with Crippen LogP contribution in [-0.4, -0.2) is 44.1 Å². The molecule has 0 saturated carbocycles. The van der Waals surface area contributed by atoms with Crippen molar-refractivity contribution < 1.29 is 19.0 Å². The van der Waals surface area contributed by atoms with Gasteiger partial charge in [-0.15, -0.1) is 0 Å². The zero-order valence-corrected chi connectivity index (χ0v) is 10.9. The number of halogens is 1. The molecule has 2 rings (SSSR count). The monoisotopic (exact) mass is 270 g/mol. The summed E-state index contributed by atoms with van der Waals surface area (Å²) in [6.45, 7) is 3.83. The zero-order chi connectivity index (χ0) is 13.8. The summed E-state index contributed by atoms with van der Waals surface area (Å²) in [6, 6.07) is 2.87. The van der Waals surface area contributed by atoms with Crippen molar-refractivity contribution >= 4 is 11.4 Å². The molecule has 0 amide bonds. The lowest BCUT2D eigenvalue weighted by Gasteiger charge is -2.34. The van der Waals surface area contributed by atoms with Gasteiger partial charge in [-0.25, -0.2) is 4.39 Å².